The number of hydrogen-bond acceptors (Lipinski definition) is 4. The van der Waals surface area contributed by atoms with Gasteiger partial charge in [-0.3, -0.25) is 19.3 Å². The van der Waals surface area contributed by atoms with Crippen LogP contribution in [0.3, 0.4) is 0 Å². The first-order valence-electron chi connectivity index (χ1n) is 12.0. The number of para-hydroxylation sites is 2. The second kappa shape index (κ2) is 11.8. The molecule has 0 radical (unpaired) electrons. The van der Waals surface area contributed by atoms with Crippen molar-refractivity contribution in [1.29, 1.82) is 0 Å². The molecule has 0 aromatic heterocycles. The van der Waals surface area contributed by atoms with Crippen LogP contribution in [0, 0.1) is 27.7 Å². The molecule has 0 spiro atoms. The highest BCUT2D eigenvalue weighted by molar-refractivity contribution is 5.96. The Hall–Kier alpha value is -3.19. The Labute approximate surface area is 202 Å². The fourth-order valence-electron chi connectivity index (χ4n) is 4.39. The number of hydrogen-bond donors (Lipinski definition) is 2. The summed E-state index contributed by atoms with van der Waals surface area (Å²) < 4.78 is 0. The lowest BCUT2D eigenvalue weighted by Gasteiger charge is -2.29. The van der Waals surface area contributed by atoms with Crippen LogP contribution in [0.15, 0.2) is 36.4 Å². The minimum Gasteiger partial charge on any atom is -0.342 e. The van der Waals surface area contributed by atoms with Gasteiger partial charge in [-0.25, -0.2) is 0 Å². The van der Waals surface area contributed by atoms with Crippen molar-refractivity contribution in [3.63, 3.8) is 0 Å². The summed E-state index contributed by atoms with van der Waals surface area (Å²) >= 11 is 0. The number of anilines is 2. The van der Waals surface area contributed by atoms with Crippen LogP contribution >= 0.6 is 0 Å². The number of piperidine rings is 1. The molecule has 7 heteroatoms. The van der Waals surface area contributed by atoms with Crippen molar-refractivity contribution in [3.8, 4) is 0 Å². The van der Waals surface area contributed by atoms with Crippen LogP contribution in [0.5, 0.6) is 0 Å². The minimum atomic E-state index is -0.247. The van der Waals surface area contributed by atoms with Gasteiger partial charge < -0.3 is 15.5 Å². The zero-order valence-electron chi connectivity index (χ0n) is 20.7. The molecule has 7 nitrogen and oxygen atoms in total. The SMILES string of the molecule is Cc1cccc(C)c1NC(=O)CN(CC(=O)Nc1c(C)cccc1C)CC(=O)N1CCCCC1. The first-order chi connectivity index (χ1) is 16.2. The summed E-state index contributed by atoms with van der Waals surface area (Å²) in [5.74, 6) is -0.535. The highest BCUT2D eigenvalue weighted by Gasteiger charge is 2.23. The minimum absolute atomic E-state index is 0.0281. The van der Waals surface area contributed by atoms with Gasteiger partial charge in [0.2, 0.25) is 17.7 Å². The molecule has 0 atom stereocenters. The first kappa shape index (κ1) is 25.4. The topological polar surface area (TPSA) is 81.8 Å². The van der Waals surface area contributed by atoms with E-state index < -0.39 is 0 Å². The molecule has 3 rings (SSSR count). The van der Waals surface area contributed by atoms with Crippen LogP contribution in [0.4, 0.5) is 11.4 Å². The van der Waals surface area contributed by atoms with Crippen LogP contribution in [0.1, 0.15) is 41.5 Å². The van der Waals surface area contributed by atoms with E-state index >= 15 is 0 Å². The fourth-order valence-corrected chi connectivity index (χ4v) is 4.39. The van der Waals surface area contributed by atoms with Gasteiger partial charge in [-0.15, -0.1) is 0 Å². The highest BCUT2D eigenvalue weighted by atomic mass is 16.2. The van der Waals surface area contributed by atoms with Crippen molar-refractivity contribution in [1.82, 2.24) is 9.80 Å². The normalized spacial score (nSPS) is 13.6. The number of nitrogens with one attached hydrogen (secondary N) is 2. The third-order valence-electron chi connectivity index (χ3n) is 6.29. The van der Waals surface area contributed by atoms with Gasteiger partial charge in [-0.2, -0.15) is 0 Å². The second-order valence-electron chi connectivity index (χ2n) is 9.22. The summed E-state index contributed by atoms with van der Waals surface area (Å²) in [5.41, 5.74) is 5.42. The lowest BCUT2D eigenvalue weighted by molar-refractivity contribution is -0.134. The molecule has 0 bridgehead atoms. The van der Waals surface area contributed by atoms with Gasteiger partial charge in [0.1, 0.15) is 0 Å². The third-order valence-corrected chi connectivity index (χ3v) is 6.29. The quantitative estimate of drug-likeness (QED) is 0.622. The Balaban J connectivity index is 1.71. The molecule has 2 aromatic carbocycles. The largest absolute Gasteiger partial charge is 0.342 e. The lowest BCUT2D eigenvalue weighted by atomic mass is 10.1. The number of amides is 3. The van der Waals surface area contributed by atoms with Gasteiger partial charge in [0.25, 0.3) is 0 Å². The number of carbonyl (C=O) groups excluding carboxylic acids is 3. The smallest absolute Gasteiger partial charge is 0.238 e. The Bertz CT molecular complexity index is 936. The molecule has 0 saturated carbocycles. The van der Waals surface area contributed by atoms with Crippen LogP contribution in [0.25, 0.3) is 0 Å². The Morgan fingerprint density at radius 1 is 0.706 bits per heavy atom. The molecule has 1 saturated heterocycles. The van der Waals surface area contributed by atoms with Crippen LogP contribution < -0.4 is 10.6 Å². The third kappa shape index (κ3) is 6.90. The molecular weight excluding hydrogens is 428 g/mol. The van der Waals surface area contributed by atoms with Crippen LogP contribution in [0.2, 0.25) is 0 Å². The molecule has 182 valence electrons. The summed E-state index contributed by atoms with van der Waals surface area (Å²) in [6.07, 6.45) is 3.11. The van der Waals surface area contributed by atoms with E-state index in [0.29, 0.717) is 0 Å². The molecule has 1 aliphatic rings. The maximum absolute atomic E-state index is 12.9. The fraction of sp³-hybridized carbons (Fsp3) is 0.444. The van der Waals surface area contributed by atoms with Crippen LogP contribution in [-0.2, 0) is 14.4 Å². The summed E-state index contributed by atoms with van der Waals surface area (Å²) in [6.45, 7) is 9.17. The van der Waals surface area contributed by atoms with E-state index in [1.165, 1.54) is 0 Å². The van der Waals surface area contributed by atoms with Crippen molar-refractivity contribution in [2.24, 2.45) is 0 Å². The molecule has 1 heterocycles. The monoisotopic (exact) mass is 464 g/mol. The van der Waals surface area contributed by atoms with Gasteiger partial charge >= 0.3 is 0 Å². The number of likely N-dealkylation sites (tertiary alicyclic amines) is 1. The molecule has 2 aromatic rings. The number of nitrogens with zero attached hydrogens (tertiary/aromatic N) is 2. The van der Waals surface area contributed by atoms with Gasteiger partial charge in [0.15, 0.2) is 0 Å². The molecule has 0 aliphatic carbocycles. The maximum atomic E-state index is 12.9. The first-order valence-corrected chi connectivity index (χ1v) is 12.0. The molecule has 2 N–H and O–H groups in total. The molecule has 0 unspecified atom stereocenters. The Morgan fingerprint density at radius 3 is 1.53 bits per heavy atom. The summed E-state index contributed by atoms with van der Waals surface area (Å²) in [4.78, 5) is 42.2. The van der Waals surface area contributed by atoms with E-state index in [0.717, 1.165) is 66.0 Å². The van der Waals surface area contributed by atoms with E-state index in [-0.39, 0.29) is 37.4 Å². The van der Waals surface area contributed by atoms with Crippen molar-refractivity contribution < 1.29 is 14.4 Å². The molecule has 3 amide bonds. The van der Waals surface area contributed by atoms with E-state index in [1.807, 2.05) is 69.0 Å². The number of aryl methyl sites for hydroxylation is 4. The predicted molar refractivity (Wildman–Crippen MR) is 136 cm³/mol. The summed E-state index contributed by atoms with van der Waals surface area (Å²) in [6, 6.07) is 11.7. The second-order valence-corrected chi connectivity index (χ2v) is 9.22. The van der Waals surface area contributed by atoms with Gasteiger partial charge in [0.05, 0.1) is 19.6 Å². The van der Waals surface area contributed by atoms with Crippen LogP contribution in [-0.4, -0.2) is 60.2 Å². The van der Waals surface area contributed by atoms with E-state index in [4.69, 9.17) is 0 Å². The number of rotatable bonds is 8. The average Bonchev–Trinajstić information content (AvgIpc) is 2.79. The van der Waals surface area contributed by atoms with Crippen molar-refractivity contribution in [2.45, 2.75) is 47.0 Å². The Morgan fingerprint density at radius 2 is 1.12 bits per heavy atom. The zero-order chi connectivity index (χ0) is 24.7. The summed E-state index contributed by atoms with van der Waals surface area (Å²) in [7, 11) is 0. The summed E-state index contributed by atoms with van der Waals surface area (Å²) in [5, 5.41) is 5.93. The number of benzene rings is 2. The van der Waals surface area contributed by atoms with Crippen molar-refractivity contribution in [3.05, 3.63) is 58.7 Å². The van der Waals surface area contributed by atoms with Gasteiger partial charge in [-0.1, -0.05) is 36.4 Å². The van der Waals surface area contributed by atoms with Gasteiger partial charge in [0, 0.05) is 24.5 Å². The highest BCUT2D eigenvalue weighted by Crippen LogP contribution is 2.20. The number of carbonyl (C=O) groups is 3. The van der Waals surface area contributed by atoms with E-state index in [1.54, 1.807) is 4.90 Å². The molecule has 1 fully saturated rings. The van der Waals surface area contributed by atoms with Gasteiger partial charge in [-0.05, 0) is 69.2 Å². The standard InChI is InChI=1S/C27H36N4O3/c1-19-10-8-11-20(2)26(19)28-23(32)16-30(18-25(34)31-14-6-5-7-15-31)17-24(33)29-27-21(3)12-9-13-22(27)4/h8-13H,5-7,14-18H2,1-4H3,(H,28,32)(H,29,33). The molecular formula is C27H36N4O3. The van der Waals surface area contributed by atoms with E-state index in [2.05, 4.69) is 10.6 Å². The molecule has 1 aliphatic heterocycles. The average molecular weight is 465 g/mol. The molecule has 34 heavy (non-hydrogen) atoms. The lowest BCUT2D eigenvalue weighted by Crippen LogP contribution is -2.47. The van der Waals surface area contributed by atoms with E-state index in [9.17, 15) is 14.4 Å². The zero-order valence-corrected chi connectivity index (χ0v) is 20.7. The maximum Gasteiger partial charge on any atom is 0.238 e. The van der Waals surface area contributed by atoms with Crippen molar-refractivity contribution >= 4 is 29.1 Å². The van der Waals surface area contributed by atoms with Crippen molar-refractivity contribution in [2.75, 3.05) is 43.4 Å². The predicted octanol–water partition coefficient (Wildman–Crippen LogP) is 3.81. The Kier molecular flexibility index (Phi) is 8.82.